The Hall–Kier alpha value is -0.650. The predicted octanol–water partition coefficient (Wildman–Crippen LogP) is 3.33. The number of carbonyl (C=O) groups is 1. The summed E-state index contributed by atoms with van der Waals surface area (Å²) in [5.41, 5.74) is -0.0711. The molecule has 5 unspecified atom stereocenters. The van der Waals surface area contributed by atoms with Crippen LogP contribution in [0.15, 0.2) is 0 Å². The molecule has 0 spiro atoms. The SMILES string of the molecule is CCC(=O)O[C@H]1CCC2C3C(O)CC4C[C@@H](OC)CC[C@]4(C)C3OC[C@@]21C. The summed E-state index contributed by atoms with van der Waals surface area (Å²) in [5, 5.41) is 11.2. The molecule has 1 saturated heterocycles. The third kappa shape index (κ3) is 2.96. The number of aliphatic hydroxyl groups excluding tert-OH is 1. The maximum atomic E-state index is 11.9. The molecule has 0 radical (unpaired) electrons. The molecule has 5 nitrogen and oxygen atoms in total. The minimum absolute atomic E-state index is 0.0853. The molecule has 1 N–H and O–H groups in total. The average Bonchev–Trinajstić information content (AvgIpc) is 2.98. The van der Waals surface area contributed by atoms with E-state index in [-0.39, 0.29) is 41.0 Å². The summed E-state index contributed by atoms with van der Waals surface area (Å²) in [7, 11) is 1.80. The molecule has 9 atom stereocenters. The highest BCUT2D eigenvalue weighted by atomic mass is 16.5. The third-order valence-electron chi connectivity index (χ3n) is 8.71. The average molecular weight is 381 g/mol. The van der Waals surface area contributed by atoms with Gasteiger partial charge < -0.3 is 19.3 Å². The van der Waals surface area contributed by atoms with Crippen molar-refractivity contribution in [1.82, 2.24) is 0 Å². The van der Waals surface area contributed by atoms with Crippen LogP contribution in [0.3, 0.4) is 0 Å². The van der Waals surface area contributed by atoms with Crippen molar-refractivity contribution in [3.63, 3.8) is 0 Å². The third-order valence-corrected chi connectivity index (χ3v) is 8.71. The summed E-state index contributed by atoms with van der Waals surface area (Å²) in [6, 6.07) is 0. The van der Waals surface area contributed by atoms with Crippen LogP contribution < -0.4 is 0 Å². The van der Waals surface area contributed by atoms with Crippen molar-refractivity contribution in [2.45, 2.75) is 90.1 Å². The lowest BCUT2D eigenvalue weighted by Gasteiger charge is -2.61. The van der Waals surface area contributed by atoms with Crippen LogP contribution in [-0.4, -0.2) is 49.2 Å². The van der Waals surface area contributed by atoms with Crippen LogP contribution in [0, 0.1) is 28.6 Å². The molecule has 1 aliphatic heterocycles. The number of esters is 1. The lowest BCUT2D eigenvalue weighted by Crippen LogP contribution is -2.64. The minimum Gasteiger partial charge on any atom is -0.462 e. The summed E-state index contributed by atoms with van der Waals surface area (Å²) in [4.78, 5) is 11.9. The van der Waals surface area contributed by atoms with E-state index in [1.807, 2.05) is 6.92 Å². The normalized spacial score (nSPS) is 51.8. The van der Waals surface area contributed by atoms with E-state index in [1.165, 1.54) is 0 Å². The van der Waals surface area contributed by atoms with Gasteiger partial charge in [0, 0.05) is 24.9 Å². The smallest absolute Gasteiger partial charge is 0.305 e. The standard InChI is InChI=1S/C22H36O5/c1-5-18(24)27-17-7-6-15-19-16(23)11-13-10-14(25-4)8-9-21(13,2)20(19)26-12-22(15,17)3/h13-17,19-20,23H,5-12H2,1-4H3/t13?,14-,15?,16?,17-,19?,20?,21-,22-/m0/s1. The summed E-state index contributed by atoms with van der Waals surface area (Å²) in [6.45, 7) is 7.05. The molecule has 0 aromatic rings. The van der Waals surface area contributed by atoms with E-state index in [0.29, 0.717) is 31.0 Å². The maximum Gasteiger partial charge on any atom is 0.305 e. The van der Waals surface area contributed by atoms with Gasteiger partial charge in [-0.2, -0.15) is 0 Å². The van der Waals surface area contributed by atoms with E-state index in [9.17, 15) is 9.90 Å². The largest absolute Gasteiger partial charge is 0.462 e. The van der Waals surface area contributed by atoms with Gasteiger partial charge in [0.25, 0.3) is 0 Å². The number of hydrogen-bond acceptors (Lipinski definition) is 5. The monoisotopic (exact) mass is 380 g/mol. The number of carbonyl (C=O) groups excluding carboxylic acids is 1. The van der Waals surface area contributed by atoms with Crippen LogP contribution in [0.1, 0.15) is 65.7 Å². The Labute approximate surface area is 163 Å². The zero-order chi connectivity index (χ0) is 19.4. The first-order valence-corrected chi connectivity index (χ1v) is 10.9. The van der Waals surface area contributed by atoms with E-state index >= 15 is 0 Å². The number of methoxy groups -OCH3 is 1. The molecule has 4 fully saturated rings. The van der Waals surface area contributed by atoms with Crippen LogP contribution in [0.5, 0.6) is 0 Å². The Balaban J connectivity index is 1.58. The van der Waals surface area contributed by atoms with Crippen molar-refractivity contribution < 1.29 is 24.1 Å². The van der Waals surface area contributed by atoms with Gasteiger partial charge in [-0.25, -0.2) is 0 Å². The van der Waals surface area contributed by atoms with Crippen LogP contribution in [0.25, 0.3) is 0 Å². The zero-order valence-electron chi connectivity index (χ0n) is 17.3. The van der Waals surface area contributed by atoms with E-state index in [4.69, 9.17) is 14.2 Å². The quantitative estimate of drug-likeness (QED) is 0.761. The van der Waals surface area contributed by atoms with Crippen LogP contribution >= 0.6 is 0 Å². The van der Waals surface area contributed by atoms with Gasteiger partial charge in [0.1, 0.15) is 6.10 Å². The molecule has 5 heteroatoms. The van der Waals surface area contributed by atoms with Gasteiger partial charge in [-0.3, -0.25) is 4.79 Å². The molecule has 27 heavy (non-hydrogen) atoms. The van der Waals surface area contributed by atoms with Gasteiger partial charge >= 0.3 is 5.97 Å². The number of ether oxygens (including phenoxy) is 3. The molecular formula is C22H36O5. The summed E-state index contributed by atoms with van der Waals surface area (Å²) in [6.07, 6.45) is 6.33. The van der Waals surface area contributed by atoms with Gasteiger partial charge in [-0.05, 0) is 55.8 Å². The van der Waals surface area contributed by atoms with Crippen molar-refractivity contribution in [3.05, 3.63) is 0 Å². The number of hydrogen-bond donors (Lipinski definition) is 1. The molecule has 0 amide bonds. The first-order chi connectivity index (χ1) is 12.8. The minimum atomic E-state index is -0.339. The highest BCUT2D eigenvalue weighted by Crippen LogP contribution is 2.62. The molecular weight excluding hydrogens is 344 g/mol. The van der Waals surface area contributed by atoms with Crippen molar-refractivity contribution in [2.75, 3.05) is 13.7 Å². The number of fused-ring (bicyclic) bond motifs is 5. The maximum absolute atomic E-state index is 11.9. The Morgan fingerprint density at radius 1 is 1.19 bits per heavy atom. The molecule has 3 aliphatic carbocycles. The highest BCUT2D eigenvalue weighted by Gasteiger charge is 2.64. The van der Waals surface area contributed by atoms with Crippen LogP contribution in [-0.2, 0) is 19.0 Å². The van der Waals surface area contributed by atoms with Crippen molar-refractivity contribution >= 4 is 5.97 Å². The Morgan fingerprint density at radius 3 is 2.67 bits per heavy atom. The van der Waals surface area contributed by atoms with E-state index in [2.05, 4.69) is 13.8 Å². The lowest BCUT2D eigenvalue weighted by molar-refractivity contribution is -0.254. The number of aliphatic hydroxyl groups is 1. The first kappa shape index (κ1) is 19.7. The van der Waals surface area contributed by atoms with Crippen molar-refractivity contribution in [3.8, 4) is 0 Å². The van der Waals surface area contributed by atoms with Gasteiger partial charge in [0.05, 0.1) is 24.9 Å². The van der Waals surface area contributed by atoms with Gasteiger partial charge in [-0.1, -0.05) is 20.8 Å². The highest BCUT2D eigenvalue weighted by molar-refractivity contribution is 5.69. The Kier molecular flexibility index (Phi) is 5.09. The molecule has 154 valence electrons. The molecule has 4 aliphatic rings. The fourth-order valence-corrected chi connectivity index (χ4v) is 6.97. The van der Waals surface area contributed by atoms with Gasteiger partial charge in [-0.15, -0.1) is 0 Å². The van der Waals surface area contributed by atoms with Crippen LogP contribution in [0.4, 0.5) is 0 Å². The summed E-state index contributed by atoms with van der Waals surface area (Å²) >= 11 is 0. The number of rotatable bonds is 3. The molecule has 0 bridgehead atoms. The summed E-state index contributed by atoms with van der Waals surface area (Å²) in [5.74, 6) is 0.832. The zero-order valence-corrected chi connectivity index (χ0v) is 17.3. The second-order valence-electron chi connectivity index (χ2n) is 9.97. The fraction of sp³-hybridized carbons (Fsp3) is 0.955. The summed E-state index contributed by atoms with van der Waals surface area (Å²) < 4.78 is 18.0. The predicted molar refractivity (Wildman–Crippen MR) is 101 cm³/mol. The molecule has 3 saturated carbocycles. The molecule has 0 aromatic carbocycles. The van der Waals surface area contributed by atoms with E-state index in [0.717, 1.165) is 38.5 Å². The van der Waals surface area contributed by atoms with Crippen molar-refractivity contribution in [1.29, 1.82) is 0 Å². The topological polar surface area (TPSA) is 65.0 Å². The van der Waals surface area contributed by atoms with Crippen molar-refractivity contribution in [2.24, 2.45) is 28.6 Å². The molecule has 1 heterocycles. The Bertz CT molecular complexity index is 579. The fourth-order valence-electron chi connectivity index (χ4n) is 6.97. The lowest BCUT2D eigenvalue weighted by atomic mass is 9.50. The Morgan fingerprint density at radius 2 is 1.96 bits per heavy atom. The van der Waals surface area contributed by atoms with E-state index < -0.39 is 0 Å². The molecule has 4 rings (SSSR count). The van der Waals surface area contributed by atoms with Crippen LogP contribution in [0.2, 0.25) is 0 Å². The first-order valence-electron chi connectivity index (χ1n) is 10.9. The molecule has 0 aromatic heterocycles. The van der Waals surface area contributed by atoms with Gasteiger partial charge in [0.2, 0.25) is 0 Å². The second-order valence-corrected chi connectivity index (χ2v) is 9.97. The van der Waals surface area contributed by atoms with Gasteiger partial charge in [0.15, 0.2) is 0 Å². The second kappa shape index (κ2) is 7.00. The van der Waals surface area contributed by atoms with E-state index in [1.54, 1.807) is 7.11 Å².